The van der Waals surface area contributed by atoms with Crippen LogP contribution in [0, 0.1) is 0 Å². The molecular weight excluding hydrogens is 378 g/mol. The van der Waals surface area contributed by atoms with Crippen molar-refractivity contribution in [1.82, 2.24) is 5.32 Å². The molecule has 0 fully saturated rings. The lowest BCUT2D eigenvalue weighted by atomic mass is 9.88. The molecule has 0 aliphatic carbocycles. The van der Waals surface area contributed by atoms with E-state index in [2.05, 4.69) is 29.6 Å². The van der Waals surface area contributed by atoms with Gasteiger partial charge >= 0.3 is 0 Å². The first-order valence-electron chi connectivity index (χ1n) is 9.92. The summed E-state index contributed by atoms with van der Waals surface area (Å²) in [5.41, 5.74) is 2.47. The van der Waals surface area contributed by atoms with Crippen molar-refractivity contribution in [3.63, 3.8) is 0 Å². The summed E-state index contributed by atoms with van der Waals surface area (Å²) in [4.78, 5) is 12.3. The molecular formula is C25H27NO4. The number of hydrogen-bond donors (Lipinski definition) is 1. The topological polar surface area (TPSA) is 56.8 Å². The number of methoxy groups -OCH3 is 2. The quantitative estimate of drug-likeness (QED) is 0.542. The third-order valence-corrected chi connectivity index (χ3v) is 4.85. The van der Waals surface area contributed by atoms with Crippen LogP contribution in [0.3, 0.4) is 0 Å². The van der Waals surface area contributed by atoms with Gasteiger partial charge in [0.2, 0.25) is 0 Å². The summed E-state index contributed by atoms with van der Waals surface area (Å²) in [5, 5.41) is 2.95. The van der Waals surface area contributed by atoms with E-state index in [0.717, 1.165) is 6.42 Å². The fourth-order valence-electron chi connectivity index (χ4n) is 3.32. The van der Waals surface area contributed by atoms with Crippen LogP contribution in [0.1, 0.15) is 23.5 Å². The highest BCUT2D eigenvalue weighted by atomic mass is 16.5. The van der Waals surface area contributed by atoms with Crippen LogP contribution in [0.5, 0.6) is 17.2 Å². The van der Waals surface area contributed by atoms with Crippen LogP contribution in [0.25, 0.3) is 0 Å². The third kappa shape index (κ3) is 6.01. The monoisotopic (exact) mass is 405 g/mol. The average molecular weight is 405 g/mol. The molecule has 0 atom stereocenters. The molecule has 0 spiro atoms. The lowest BCUT2D eigenvalue weighted by molar-refractivity contribution is -0.123. The summed E-state index contributed by atoms with van der Waals surface area (Å²) < 4.78 is 16.0. The predicted molar refractivity (Wildman–Crippen MR) is 117 cm³/mol. The number of nitrogens with one attached hydrogen (secondary N) is 1. The van der Waals surface area contributed by atoms with Crippen molar-refractivity contribution in [2.75, 3.05) is 27.4 Å². The van der Waals surface area contributed by atoms with E-state index in [1.165, 1.54) is 11.1 Å². The third-order valence-electron chi connectivity index (χ3n) is 4.85. The fraction of sp³-hybridized carbons (Fsp3) is 0.240. The molecule has 0 unspecified atom stereocenters. The number of hydrogen-bond acceptors (Lipinski definition) is 4. The highest BCUT2D eigenvalue weighted by Crippen LogP contribution is 2.28. The van der Waals surface area contributed by atoms with Crippen LogP contribution >= 0.6 is 0 Å². The molecule has 0 saturated carbocycles. The maximum Gasteiger partial charge on any atom is 0.257 e. The molecule has 30 heavy (non-hydrogen) atoms. The summed E-state index contributed by atoms with van der Waals surface area (Å²) in [6.45, 7) is 0.482. The Morgan fingerprint density at radius 1 is 0.800 bits per heavy atom. The summed E-state index contributed by atoms with van der Waals surface area (Å²) >= 11 is 0. The summed E-state index contributed by atoms with van der Waals surface area (Å²) in [7, 11) is 3.14. The fourth-order valence-corrected chi connectivity index (χ4v) is 3.32. The zero-order valence-electron chi connectivity index (χ0n) is 17.3. The first-order valence-corrected chi connectivity index (χ1v) is 9.92. The van der Waals surface area contributed by atoms with E-state index < -0.39 is 0 Å². The molecule has 1 amide bonds. The highest BCUT2D eigenvalue weighted by molar-refractivity contribution is 5.77. The summed E-state index contributed by atoms with van der Waals surface area (Å²) in [5.74, 6) is 1.79. The maximum atomic E-state index is 12.3. The van der Waals surface area contributed by atoms with Crippen LogP contribution in [0.15, 0.2) is 78.9 Å². The van der Waals surface area contributed by atoms with E-state index in [4.69, 9.17) is 14.2 Å². The van der Waals surface area contributed by atoms with Gasteiger partial charge in [-0.3, -0.25) is 4.79 Å². The van der Waals surface area contributed by atoms with Crippen molar-refractivity contribution >= 4 is 5.91 Å². The van der Waals surface area contributed by atoms with Crippen molar-refractivity contribution in [1.29, 1.82) is 0 Å². The zero-order valence-corrected chi connectivity index (χ0v) is 17.3. The maximum absolute atomic E-state index is 12.3. The molecule has 5 nitrogen and oxygen atoms in total. The standard InChI is InChI=1S/C25H27NO4/c1-28-21-15-22(29-2)17-23(16-21)30-18-25(27)26-14-13-24(19-9-5-3-6-10-19)20-11-7-4-8-12-20/h3-12,15-17,24H,13-14,18H2,1-2H3,(H,26,27). The Morgan fingerprint density at radius 2 is 1.30 bits per heavy atom. The van der Waals surface area contributed by atoms with Gasteiger partial charge in [0.1, 0.15) is 17.2 Å². The first kappa shape index (κ1) is 21.2. The van der Waals surface area contributed by atoms with Crippen LogP contribution < -0.4 is 19.5 Å². The lowest BCUT2D eigenvalue weighted by Gasteiger charge is -2.18. The molecule has 0 bridgehead atoms. The molecule has 0 radical (unpaired) electrons. The Labute approximate surface area is 177 Å². The normalized spacial score (nSPS) is 10.5. The van der Waals surface area contributed by atoms with Gasteiger partial charge in [0.15, 0.2) is 6.61 Å². The number of rotatable bonds is 10. The number of ether oxygens (including phenoxy) is 3. The Balaban J connectivity index is 1.55. The molecule has 3 aromatic rings. The second-order valence-corrected chi connectivity index (χ2v) is 6.85. The van der Waals surface area contributed by atoms with Gasteiger partial charge in [0.05, 0.1) is 14.2 Å². The number of amides is 1. The minimum Gasteiger partial charge on any atom is -0.496 e. The van der Waals surface area contributed by atoms with Gasteiger partial charge in [-0.05, 0) is 17.5 Å². The Bertz CT molecular complexity index is 867. The van der Waals surface area contributed by atoms with Gasteiger partial charge in [-0.15, -0.1) is 0 Å². The largest absolute Gasteiger partial charge is 0.496 e. The van der Waals surface area contributed by atoms with Crippen LogP contribution in [0.2, 0.25) is 0 Å². The minimum atomic E-state index is -0.170. The summed E-state index contributed by atoms with van der Waals surface area (Å²) in [6, 6.07) is 25.9. The smallest absolute Gasteiger partial charge is 0.257 e. The second-order valence-electron chi connectivity index (χ2n) is 6.85. The minimum absolute atomic E-state index is 0.0718. The van der Waals surface area contributed by atoms with Gasteiger partial charge in [0.25, 0.3) is 5.91 Å². The molecule has 0 aromatic heterocycles. The van der Waals surface area contributed by atoms with Gasteiger partial charge in [-0.1, -0.05) is 60.7 Å². The van der Waals surface area contributed by atoms with Crippen LogP contribution in [-0.2, 0) is 4.79 Å². The Morgan fingerprint density at radius 3 is 1.80 bits per heavy atom. The highest BCUT2D eigenvalue weighted by Gasteiger charge is 2.14. The predicted octanol–water partition coefficient (Wildman–Crippen LogP) is 4.42. The number of carbonyl (C=O) groups excluding carboxylic acids is 1. The number of carbonyl (C=O) groups is 1. The molecule has 0 heterocycles. The number of benzene rings is 3. The van der Waals surface area contributed by atoms with Crippen LogP contribution in [0.4, 0.5) is 0 Å². The molecule has 0 saturated heterocycles. The van der Waals surface area contributed by atoms with Crippen molar-refractivity contribution < 1.29 is 19.0 Å². The average Bonchev–Trinajstić information content (AvgIpc) is 2.81. The van der Waals surface area contributed by atoms with Crippen molar-refractivity contribution in [2.24, 2.45) is 0 Å². The van der Waals surface area contributed by atoms with Crippen LogP contribution in [-0.4, -0.2) is 33.3 Å². The first-order chi connectivity index (χ1) is 14.7. The van der Waals surface area contributed by atoms with Gasteiger partial charge in [-0.2, -0.15) is 0 Å². The molecule has 3 rings (SSSR count). The van der Waals surface area contributed by atoms with E-state index in [1.54, 1.807) is 32.4 Å². The van der Waals surface area contributed by atoms with Crippen molar-refractivity contribution in [3.8, 4) is 17.2 Å². The molecule has 0 aliphatic heterocycles. The molecule has 3 aromatic carbocycles. The zero-order chi connectivity index (χ0) is 21.2. The van der Waals surface area contributed by atoms with E-state index in [9.17, 15) is 4.79 Å². The molecule has 5 heteroatoms. The SMILES string of the molecule is COc1cc(OC)cc(OCC(=O)NCCC(c2ccccc2)c2ccccc2)c1. The van der Waals surface area contributed by atoms with Gasteiger partial charge in [-0.25, -0.2) is 0 Å². The van der Waals surface area contributed by atoms with E-state index in [1.807, 2.05) is 36.4 Å². The molecule has 0 aliphatic rings. The van der Waals surface area contributed by atoms with Crippen molar-refractivity contribution in [2.45, 2.75) is 12.3 Å². The molecule has 1 N–H and O–H groups in total. The summed E-state index contributed by atoms with van der Waals surface area (Å²) in [6.07, 6.45) is 0.798. The Kier molecular flexibility index (Phi) is 7.72. The lowest BCUT2D eigenvalue weighted by Crippen LogP contribution is -2.30. The van der Waals surface area contributed by atoms with Gasteiger partial charge < -0.3 is 19.5 Å². The Hall–Kier alpha value is -3.47. The van der Waals surface area contributed by atoms with E-state index in [-0.39, 0.29) is 18.4 Å². The second kappa shape index (κ2) is 10.9. The van der Waals surface area contributed by atoms with E-state index >= 15 is 0 Å². The van der Waals surface area contributed by atoms with Crippen molar-refractivity contribution in [3.05, 3.63) is 90.0 Å². The molecule has 156 valence electrons. The van der Waals surface area contributed by atoms with Gasteiger partial charge in [0, 0.05) is 30.7 Å². The van der Waals surface area contributed by atoms with E-state index in [0.29, 0.717) is 23.8 Å².